The zero-order valence-corrected chi connectivity index (χ0v) is 10.2. The molecule has 1 saturated carbocycles. The highest BCUT2D eigenvalue weighted by Crippen LogP contribution is 2.40. The predicted molar refractivity (Wildman–Crippen MR) is 64.9 cm³/mol. The molecule has 2 aromatic rings. The van der Waals surface area contributed by atoms with Gasteiger partial charge in [0, 0.05) is 18.0 Å². The number of fused-ring (bicyclic) bond motifs is 1. The average Bonchev–Trinajstić information content (AvgIpc) is 2.99. The van der Waals surface area contributed by atoms with Crippen LogP contribution in [-0.2, 0) is 0 Å². The summed E-state index contributed by atoms with van der Waals surface area (Å²) >= 11 is 5.95. The van der Waals surface area contributed by atoms with Gasteiger partial charge in [0.2, 0.25) is 0 Å². The summed E-state index contributed by atoms with van der Waals surface area (Å²) in [5, 5.41) is 0.546. The summed E-state index contributed by atoms with van der Waals surface area (Å²) in [5.74, 6) is 1.59. The Kier molecular flexibility index (Phi) is 2.18. The highest BCUT2D eigenvalue weighted by molar-refractivity contribution is 6.29. The van der Waals surface area contributed by atoms with E-state index in [0.29, 0.717) is 17.1 Å². The zero-order chi connectivity index (χ0) is 11.3. The first-order valence-corrected chi connectivity index (χ1v) is 6.08. The second-order valence-electron chi connectivity index (χ2n) is 4.72. The van der Waals surface area contributed by atoms with Gasteiger partial charge in [-0.3, -0.25) is 0 Å². The third kappa shape index (κ3) is 1.50. The van der Waals surface area contributed by atoms with Gasteiger partial charge in [0.25, 0.3) is 0 Å². The summed E-state index contributed by atoms with van der Waals surface area (Å²) in [5.41, 5.74) is 2.09. The van der Waals surface area contributed by atoms with Gasteiger partial charge in [-0.25, -0.2) is 9.97 Å². The Morgan fingerprint density at radius 2 is 2.19 bits per heavy atom. The fraction of sp³-hybridized carbons (Fsp3) is 0.500. The van der Waals surface area contributed by atoms with Gasteiger partial charge >= 0.3 is 0 Å². The van der Waals surface area contributed by atoms with E-state index >= 15 is 0 Å². The van der Waals surface area contributed by atoms with Crippen LogP contribution >= 0.6 is 11.6 Å². The Hall–Kier alpha value is -1.09. The first-order valence-electron chi connectivity index (χ1n) is 5.70. The molecule has 84 valence electrons. The molecule has 0 aliphatic heterocycles. The second-order valence-corrected chi connectivity index (χ2v) is 5.11. The van der Waals surface area contributed by atoms with Gasteiger partial charge in [-0.05, 0) is 12.8 Å². The molecule has 2 aromatic heterocycles. The number of rotatable bonds is 2. The molecule has 0 bridgehead atoms. The average molecular weight is 236 g/mol. The minimum absolute atomic E-state index is 0.437. The molecule has 3 rings (SSSR count). The van der Waals surface area contributed by atoms with E-state index in [9.17, 15) is 0 Å². The largest absolute Gasteiger partial charge is 0.325 e. The number of pyridine rings is 1. The fourth-order valence-corrected chi connectivity index (χ4v) is 2.27. The molecule has 0 unspecified atom stereocenters. The summed E-state index contributed by atoms with van der Waals surface area (Å²) in [6.07, 6.45) is 4.28. The van der Waals surface area contributed by atoms with Crippen LogP contribution in [0.15, 0.2) is 12.3 Å². The number of aromatic nitrogens is 3. The van der Waals surface area contributed by atoms with E-state index < -0.39 is 0 Å². The van der Waals surface area contributed by atoms with Crippen LogP contribution in [0, 0.1) is 0 Å². The van der Waals surface area contributed by atoms with Crippen LogP contribution in [0.1, 0.15) is 44.5 Å². The Bertz CT molecular complexity index is 540. The Morgan fingerprint density at radius 3 is 2.81 bits per heavy atom. The van der Waals surface area contributed by atoms with Crippen LogP contribution in [0.5, 0.6) is 0 Å². The molecule has 3 nitrogen and oxygen atoms in total. The van der Waals surface area contributed by atoms with E-state index in [1.54, 1.807) is 6.20 Å². The van der Waals surface area contributed by atoms with Crippen molar-refractivity contribution in [3.63, 3.8) is 0 Å². The number of nitrogens with zero attached hydrogens (tertiary/aromatic N) is 3. The summed E-state index contributed by atoms with van der Waals surface area (Å²) in [6.45, 7) is 4.35. The van der Waals surface area contributed by atoms with Gasteiger partial charge in [-0.15, -0.1) is 0 Å². The summed E-state index contributed by atoms with van der Waals surface area (Å²) in [4.78, 5) is 8.75. The number of hydrogen-bond acceptors (Lipinski definition) is 2. The van der Waals surface area contributed by atoms with Crippen molar-refractivity contribution in [3.05, 3.63) is 23.2 Å². The van der Waals surface area contributed by atoms with Gasteiger partial charge in [0.1, 0.15) is 16.5 Å². The molecule has 1 aliphatic carbocycles. The molecular weight excluding hydrogens is 222 g/mol. The maximum absolute atomic E-state index is 5.95. The molecule has 0 aromatic carbocycles. The number of hydrogen-bond donors (Lipinski definition) is 0. The number of imidazole rings is 1. The van der Waals surface area contributed by atoms with Crippen LogP contribution in [0.2, 0.25) is 5.15 Å². The van der Waals surface area contributed by atoms with Crippen molar-refractivity contribution in [2.24, 2.45) is 0 Å². The molecule has 2 heterocycles. The van der Waals surface area contributed by atoms with E-state index in [1.165, 1.54) is 12.8 Å². The van der Waals surface area contributed by atoms with Crippen LogP contribution in [0.4, 0.5) is 0 Å². The van der Waals surface area contributed by atoms with Gasteiger partial charge in [0.15, 0.2) is 0 Å². The molecule has 1 aliphatic rings. The van der Waals surface area contributed by atoms with Crippen LogP contribution in [0.3, 0.4) is 0 Å². The molecule has 1 fully saturated rings. The van der Waals surface area contributed by atoms with E-state index in [4.69, 9.17) is 11.6 Å². The van der Waals surface area contributed by atoms with E-state index in [-0.39, 0.29) is 0 Å². The quantitative estimate of drug-likeness (QED) is 0.746. The van der Waals surface area contributed by atoms with Crippen molar-refractivity contribution in [2.45, 2.75) is 38.6 Å². The Labute approximate surface area is 99.5 Å². The molecular formula is C12H14ClN3. The second kappa shape index (κ2) is 3.45. The summed E-state index contributed by atoms with van der Waals surface area (Å²) in [6, 6.07) is 2.55. The molecule has 4 heteroatoms. The fourth-order valence-electron chi connectivity index (χ4n) is 2.12. The van der Waals surface area contributed by atoms with Crippen LogP contribution < -0.4 is 0 Å². The molecule has 0 radical (unpaired) electrons. The molecule has 0 atom stereocenters. The maximum Gasteiger partial charge on any atom is 0.131 e. The molecule has 16 heavy (non-hydrogen) atoms. The highest BCUT2D eigenvalue weighted by atomic mass is 35.5. The zero-order valence-electron chi connectivity index (χ0n) is 9.44. The third-order valence-electron chi connectivity index (χ3n) is 3.00. The van der Waals surface area contributed by atoms with E-state index in [1.807, 2.05) is 6.07 Å². The lowest BCUT2D eigenvalue weighted by Gasteiger charge is -2.09. The topological polar surface area (TPSA) is 30.7 Å². The third-order valence-corrected chi connectivity index (χ3v) is 3.20. The Balaban J connectivity index is 2.29. The smallest absolute Gasteiger partial charge is 0.131 e. The van der Waals surface area contributed by atoms with E-state index in [0.717, 1.165) is 16.9 Å². The summed E-state index contributed by atoms with van der Waals surface area (Å²) < 4.78 is 2.34. The minimum Gasteiger partial charge on any atom is -0.325 e. The molecule has 0 amide bonds. The minimum atomic E-state index is 0.437. The van der Waals surface area contributed by atoms with E-state index in [2.05, 4.69) is 28.4 Å². The molecule has 0 spiro atoms. The van der Waals surface area contributed by atoms with Crippen LogP contribution in [0.25, 0.3) is 11.0 Å². The SMILES string of the molecule is CC(C)c1nc2cnc(Cl)cc2n1C1CC1. The van der Waals surface area contributed by atoms with Crippen molar-refractivity contribution in [3.8, 4) is 0 Å². The molecule has 0 saturated heterocycles. The first kappa shape index (κ1) is 10.1. The van der Waals surface area contributed by atoms with Crippen molar-refractivity contribution >= 4 is 22.6 Å². The van der Waals surface area contributed by atoms with Crippen molar-refractivity contribution in [2.75, 3.05) is 0 Å². The monoisotopic (exact) mass is 235 g/mol. The van der Waals surface area contributed by atoms with Crippen molar-refractivity contribution < 1.29 is 0 Å². The molecule has 0 N–H and O–H groups in total. The highest BCUT2D eigenvalue weighted by Gasteiger charge is 2.29. The lowest BCUT2D eigenvalue weighted by molar-refractivity contribution is 0.654. The van der Waals surface area contributed by atoms with Gasteiger partial charge in [-0.2, -0.15) is 0 Å². The first-order chi connectivity index (χ1) is 7.66. The lowest BCUT2D eigenvalue weighted by atomic mass is 10.2. The normalized spacial score (nSPS) is 16.2. The Morgan fingerprint density at radius 1 is 1.44 bits per heavy atom. The number of halogens is 1. The summed E-state index contributed by atoms with van der Waals surface area (Å²) in [7, 11) is 0. The van der Waals surface area contributed by atoms with Crippen molar-refractivity contribution in [1.29, 1.82) is 0 Å². The van der Waals surface area contributed by atoms with Crippen LogP contribution in [-0.4, -0.2) is 14.5 Å². The lowest BCUT2D eigenvalue weighted by Crippen LogP contribution is -2.03. The van der Waals surface area contributed by atoms with Gasteiger partial charge in [-0.1, -0.05) is 25.4 Å². The van der Waals surface area contributed by atoms with Gasteiger partial charge in [0.05, 0.1) is 11.7 Å². The maximum atomic E-state index is 5.95. The predicted octanol–water partition coefficient (Wildman–Crippen LogP) is 3.54. The standard InChI is InChI=1S/C12H14ClN3/c1-7(2)12-15-9-6-14-11(13)5-10(9)16(12)8-3-4-8/h5-8H,3-4H2,1-2H3. The van der Waals surface area contributed by atoms with Crippen molar-refractivity contribution in [1.82, 2.24) is 14.5 Å². The van der Waals surface area contributed by atoms with Gasteiger partial charge < -0.3 is 4.57 Å².